The number of anilines is 1. The van der Waals surface area contributed by atoms with Crippen LogP contribution in [0.4, 0.5) is 11.4 Å². The van der Waals surface area contributed by atoms with Gasteiger partial charge in [-0.15, -0.1) is 0 Å². The molecule has 1 atom stereocenters. The number of pyridine rings is 1. The molecule has 0 aliphatic rings. The predicted molar refractivity (Wildman–Crippen MR) is 120 cm³/mol. The van der Waals surface area contributed by atoms with Crippen LogP contribution in [0.2, 0.25) is 0 Å². The number of benzene rings is 3. The van der Waals surface area contributed by atoms with E-state index in [4.69, 9.17) is 4.74 Å². The van der Waals surface area contributed by atoms with E-state index in [1.165, 1.54) is 6.07 Å². The molecule has 0 aliphatic carbocycles. The van der Waals surface area contributed by atoms with Crippen LogP contribution in [0.3, 0.4) is 0 Å². The van der Waals surface area contributed by atoms with Gasteiger partial charge in [0.2, 0.25) is 0 Å². The highest BCUT2D eigenvalue weighted by Gasteiger charge is 2.25. The number of carbonyl (C=O) groups excluding carboxylic acids is 1. The van der Waals surface area contributed by atoms with Gasteiger partial charge in [-0.1, -0.05) is 54.6 Å². The van der Waals surface area contributed by atoms with Crippen molar-refractivity contribution in [2.45, 2.75) is 19.4 Å². The number of non-ortho nitro benzene ring substituents is 1. The largest absolute Gasteiger partial charge is 0.464 e. The maximum absolute atomic E-state index is 12.8. The lowest BCUT2D eigenvalue weighted by molar-refractivity contribution is -0.383. The summed E-state index contributed by atoms with van der Waals surface area (Å²) in [5.74, 6) is -0.418. The molecule has 0 saturated carbocycles. The third-order valence-corrected chi connectivity index (χ3v) is 5.05. The van der Waals surface area contributed by atoms with E-state index >= 15 is 0 Å². The average Bonchev–Trinajstić information content (AvgIpc) is 2.78. The van der Waals surface area contributed by atoms with Crippen molar-refractivity contribution >= 4 is 39.1 Å². The fraction of sp³-hybridized carbons (Fsp3) is 0.167. The van der Waals surface area contributed by atoms with Gasteiger partial charge in [-0.05, 0) is 24.6 Å². The number of nitro benzene ring substituents is 1. The van der Waals surface area contributed by atoms with Crippen LogP contribution in [0.15, 0.2) is 72.8 Å². The fourth-order valence-corrected chi connectivity index (χ4v) is 3.69. The molecule has 0 amide bonds. The van der Waals surface area contributed by atoms with Crippen molar-refractivity contribution in [1.82, 2.24) is 4.98 Å². The van der Waals surface area contributed by atoms with Gasteiger partial charge in [0.25, 0.3) is 5.69 Å². The zero-order chi connectivity index (χ0) is 21.8. The van der Waals surface area contributed by atoms with Crippen LogP contribution in [0, 0.1) is 10.1 Å². The number of carbonyl (C=O) groups is 1. The molecule has 0 bridgehead atoms. The van der Waals surface area contributed by atoms with Gasteiger partial charge in [-0.25, -0.2) is 9.78 Å². The monoisotopic (exact) mass is 415 g/mol. The van der Waals surface area contributed by atoms with E-state index in [0.717, 1.165) is 5.56 Å². The first-order chi connectivity index (χ1) is 15.1. The number of nitro groups is 1. The van der Waals surface area contributed by atoms with E-state index in [1.54, 1.807) is 19.1 Å². The van der Waals surface area contributed by atoms with Gasteiger partial charge < -0.3 is 10.1 Å². The maximum atomic E-state index is 12.8. The van der Waals surface area contributed by atoms with Crippen molar-refractivity contribution in [1.29, 1.82) is 0 Å². The molecule has 1 N–H and O–H groups in total. The molecule has 156 valence electrons. The van der Waals surface area contributed by atoms with Gasteiger partial charge in [-0.3, -0.25) is 10.1 Å². The third-order valence-electron chi connectivity index (χ3n) is 5.05. The van der Waals surface area contributed by atoms with E-state index in [2.05, 4.69) is 10.3 Å². The Morgan fingerprint density at radius 2 is 1.74 bits per heavy atom. The first-order valence-corrected chi connectivity index (χ1v) is 10.0. The Labute approximate surface area is 178 Å². The highest BCUT2D eigenvalue weighted by Crippen LogP contribution is 2.37. The van der Waals surface area contributed by atoms with Crippen molar-refractivity contribution in [2.75, 3.05) is 11.9 Å². The van der Waals surface area contributed by atoms with Crippen LogP contribution in [-0.2, 0) is 16.0 Å². The first kappa shape index (κ1) is 20.3. The maximum Gasteiger partial charge on any atom is 0.328 e. The lowest BCUT2D eigenvalue weighted by atomic mass is 10.0. The number of fused-ring (bicyclic) bond motifs is 2. The van der Waals surface area contributed by atoms with E-state index < -0.39 is 16.9 Å². The Balaban J connectivity index is 1.90. The number of ether oxygens (including phenoxy) is 1. The highest BCUT2D eigenvalue weighted by molar-refractivity contribution is 6.11. The number of esters is 1. The fourth-order valence-electron chi connectivity index (χ4n) is 3.69. The summed E-state index contributed by atoms with van der Waals surface area (Å²) in [5.41, 5.74) is 2.55. The first-order valence-electron chi connectivity index (χ1n) is 10.0. The molecule has 0 unspecified atom stereocenters. The van der Waals surface area contributed by atoms with Crippen LogP contribution in [-0.4, -0.2) is 28.5 Å². The normalized spacial score (nSPS) is 11.9. The van der Waals surface area contributed by atoms with Gasteiger partial charge >= 0.3 is 5.97 Å². The van der Waals surface area contributed by atoms with Crippen LogP contribution >= 0.6 is 0 Å². The second-order valence-electron chi connectivity index (χ2n) is 7.07. The molecule has 0 fully saturated rings. The lowest BCUT2D eigenvalue weighted by Crippen LogP contribution is -2.33. The Kier molecular flexibility index (Phi) is 5.75. The second-order valence-corrected chi connectivity index (χ2v) is 7.07. The van der Waals surface area contributed by atoms with Gasteiger partial charge in [0.05, 0.1) is 28.3 Å². The zero-order valence-corrected chi connectivity index (χ0v) is 16.9. The van der Waals surface area contributed by atoms with E-state index in [-0.39, 0.29) is 12.3 Å². The highest BCUT2D eigenvalue weighted by atomic mass is 16.6. The van der Waals surface area contributed by atoms with Crippen LogP contribution in [0.25, 0.3) is 21.8 Å². The lowest BCUT2D eigenvalue weighted by Gasteiger charge is -2.21. The van der Waals surface area contributed by atoms with Gasteiger partial charge in [0.15, 0.2) is 0 Å². The minimum absolute atomic E-state index is 0.0689. The van der Waals surface area contributed by atoms with Crippen LogP contribution < -0.4 is 5.32 Å². The number of hydrogen-bond donors (Lipinski definition) is 1. The molecule has 31 heavy (non-hydrogen) atoms. The van der Waals surface area contributed by atoms with Crippen molar-refractivity contribution in [2.24, 2.45) is 0 Å². The molecular weight excluding hydrogens is 394 g/mol. The summed E-state index contributed by atoms with van der Waals surface area (Å²) in [6.45, 7) is 1.99. The average molecular weight is 415 g/mol. The summed E-state index contributed by atoms with van der Waals surface area (Å²) in [4.78, 5) is 28.7. The quantitative estimate of drug-likeness (QED) is 0.200. The Hall–Kier alpha value is -4.00. The molecule has 4 aromatic rings. The van der Waals surface area contributed by atoms with Crippen molar-refractivity contribution in [3.8, 4) is 0 Å². The summed E-state index contributed by atoms with van der Waals surface area (Å²) in [6, 6.07) is 21.0. The summed E-state index contributed by atoms with van der Waals surface area (Å²) < 4.78 is 5.30. The minimum Gasteiger partial charge on any atom is -0.464 e. The molecule has 0 spiro atoms. The standard InChI is InChI=1S/C24H21N3O4/c1-2-31-24(28)20(15-16-9-4-3-5-10-16)26-23-17-11-6-7-12-18(17)25-19-13-8-14-21(22(19)23)27(29)30/h3-14,20H,2,15H2,1H3,(H,25,26)/t20-/m0/s1. The number of para-hydroxylation sites is 1. The number of hydrogen-bond acceptors (Lipinski definition) is 6. The second kappa shape index (κ2) is 8.79. The summed E-state index contributed by atoms with van der Waals surface area (Å²) in [6.07, 6.45) is 0.373. The topological polar surface area (TPSA) is 94.4 Å². The Bertz CT molecular complexity index is 1260. The van der Waals surface area contributed by atoms with E-state index in [0.29, 0.717) is 33.9 Å². The summed E-state index contributed by atoms with van der Waals surface area (Å²) in [5, 5.41) is 16.1. The summed E-state index contributed by atoms with van der Waals surface area (Å²) >= 11 is 0. The van der Waals surface area contributed by atoms with Gasteiger partial charge in [0, 0.05) is 17.9 Å². The number of nitrogens with one attached hydrogen (secondary N) is 1. The van der Waals surface area contributed by atoms with Crippen molar-refractivity contribution in [3.63, 3.8) is 0 Å². The molecule has 4 rings (SSSR count). The molecule has 7 nitrogen and oxygen atoms in total. The van der Waals surface area contributed by atoms with Crippen molar-refractivity contribution < 1.29 is 14.5 Å². The minimum atomic E-state index is -0.726. The molecule has 1 heterocycles. The molecule has 0 aliphatic heterocycles. The van der Waals surface area contributed by atoms with Crippen LogP contribution in [0.5, 0.6) is 0 Å². The zero-order valence-electron chi connectivity index (χ0n) is 16.9. The molecule has 0 saturated heterocycles. The third kappa shape index (κ3) is 4.16. The molecule has 7 heteroatoms. The molecule has 0 radical (unpaired) electrons. The SMILES string of the molecule is CCOC(=O)[C@H](Cc1ccccc1)Nc1c2ccccc2nc2cccc([N+](=O)[O-])c12. The molecular formula is C24H21N3O4. The van der Waals surface area contributed by atoms with Gasteiger partial charge in [0.1, 0.15) is 11.4 Å². The number of nitrogens with zero attached hydrogens (tertiary/aromatic N) is 2. The number of rotatable bonds is 7. The Morgan fingerprint density at radius 1 is 1.03 bits per heavy atom. The van der Waals surface area contributed by atoms with E-state index in [9.17, 15) is 14.9 Å². The number of aromatic nitrogens is 1. The Morgan fingerprint density at radius 3 is 2.48 bits per heavy atom. The van der Waals surface area contributed by atoms with Crippen LogP contribution in [0.1, 0.15) is 12.5 Å². The summed E-state index contributed by atoms with van der Waals surface area (Å²) in [7, 11) is 0. The van der Waals surface area contributed by atoms with E-state index in [1.807, 2.05) is 54.6 Å². The predicted octanol–water partition coefficient (Wildman–Crippen LogP) is 4.88. The van der Waals surface area contributed by atoms with Crippen molar-refractivity contribution in [3.05, 3.63) is 88.5 Å². The smallest absolute Gasteiger partial charge is 0.328 e. The molecule has 1 aromatic heterocycles. The van der Waals surface area contributed by atoms with Gasteiger partial charge in [-0.2, -0.15) is 0 Å². The molecule has 3 aromatic carbocycles.